The summed E-state index contributed by atoms with van der Waals surface area (Å²) in [5.41, 5.74) is 0.622. The van der Waals surface area contributed by atoms with Crippen LogP contribution < -0.4 is 0 Å². The molecule has 24 heavy (non-hydrogen) atoms. The standard InChI is InChI=1S/C22H31NO/c1-20(2)18-8-7-15-16-6-5-10-21(16,3)11-9-17(15)22(18,4)12-14(13-23)19(20)24/h12,15-18H,5-11H2,1-4H3/t15-,16-,17-,18-,21-,22+/m0/s1. The Balaban J connectivity index is 1.78. The van der Waals surface area contributed by atoms with Crippen molar-refractivity contribution >= 4 is 5.78 Å². The lowest BCUT2D eigenvalue weighted by Crippen LogP contribution is -2.56. The van der Waals surface area contributed by atoms with Crippen LogP contribution in [0.4, 0.5) is 0 Å². The summed E-state index contributed by atoms with van der Waals surface area (Å²) in [5, 5.41) is 9.55. The number of ketones is 1. The summed E-state index contributed by atoms with van der Waals surface area (Å²) in [6.07, 6.45) is 11.4. The second-order valence-corrected chi connectivity index (χ2v) is 10.2. The van der Waals surface area contributed by atoms with Crippen molar-refractivity contribution in [3.8, 4) is 6.07 Å². The van der Waals surface area contributed by atoms with Crippen LogP contribution in [0, 0.1) is 51.2 Å². The Hall–Kier alpha value is -1.10. The van der Waals surface area contributed by atoms with Gasteiger partial charge in [-0.1, -0.05) is 40.2 Å². The van der Waals surface area contributed by atoms with Gasteiger partial charge in [-0.3, -0.25) is 4.79 Å². The zero-order chi connectivity index (χ0) is 17.3. The van der Waals surface area contributed by atoms with Gasteiger partial charge in [0.05, 0.1) is 5.57 Å². The van der Waals surface area contributed by atoms with Gasteiger partial charge in [0.2, 0.25) is 0 Å². The van der Waals surface area contributed by atoms with Gasteiger partial charge >= 0.3 is 0 Å². The molecule has 0 aromatic rings. The zero-order valence-electron chi connectivity index (χ0n) is 15.7. The minimum Gasteiger partial charge on any atom is -0.293 e. The molecular formula is C22H31NO. The predicted molar refractivity (Wildman–Crippen MR) is 95.0 cm³/mol. The van der Waals surface area contributed by atoms with Gasteiger partial charge in [-0.15, -0.1) is 0 Å². The maximum absolute atomic E-state index is 12.8. The molecule has 0 N–H and O–H groups in total. The summed E-state index contributed by atoms with van der Waals surface area (Å²) < 4.78 is 0. The normalized spacial score (nSPS) is 49.5. The van der Waals surface area contributed by atoms with E-state index in [0.717, 1.165) is 18.3 Å². The second kappa shape index (κ2) is 4.96. The summed E-state index contributed by atoms with van der Waals surface area (Å²) in [4.78, 5) is 12.8. The van der Waals surface area contributed by atoms with E-state index in [2.05, 4.69) is 39.8 Å². The van der Waals surface area contributed by atoms with Gasteiger partial charge in [-0.2, -0.15) is 5.26 Å². The molecule has 4 aliphatic carbocycles. The Kier molecular flexibility index (Phi) is 3.39. The lowest BCUT2D eigenvalue weighted by Gasteiger charge is -2.61. The molecule has 0 unspecified atom stereocenters. The van der Waals surface area contributed by atoms with E-state index >= 15 is 0 Å². The van der Waals surface area contributed by atoms with E-state index in [0.29, 0.717) is 22.8 Å². The minimum absolute atomic E-state index is 0.0231. The summed E-state index contributed by atoms with van der Waals surface area (Å²) in [5.74, 6) is 2.79. The second-order valence-electron chi connectivity index (χ2n) is 10.2. The molecule has 130 valence electrons. The highest BCUT2D eigenvalue weighted by Crippen LogP contribution is 2.67. The van der Waals surface area contributed by atoms with Crippen LogP contribution in [0.1, 0.15) is 72.6 Å². The first kappa shape index (κ1) is 16.4. The van der Waals surface area contributed by atoms with Crippen LogP contribution >= 0.6 is 0 Å². The molecule has 0 radical (unpaired) electrons. The van der Waals surface area contributed by atoms with Crippen molar-refractivity contribution in [3.05, 3.63) is 11.6 Å². The van der Waals surface area contributed by atoms with E-state index < -0.39 is 5.41 Å². The van der Waals surface area contributed by atoms with Crippen LogP contribution in [0.25, 0.3) is 0 Å². The van der Waals surface area contributed by atoms with Crippen molar-refractivity contribution in [2.45, 2.75) is 72.6 Å². The summed E-state index contributed by atoms with van der Waals surface area (Å²) in [6, 6.07) is 2.23. The number of carbonyl (C=O) groups excluding carboxylic acids is 1. The summed E-state index contributed by atoms with van der Waals surface area (Å²) in [6.45, 7) is 9.08. The van der Waals surface area contributed by atoms with Crippen molar-refractivity contribution in [1.29, 1.82) is 5.26 Å². The molecular weight excluding hydrogens is 294 g/mol. The number of hydrogen-bond acceptors (Lipinski definition) is 2. The first-order valence-electron chi connectivity index (χ1n) is 9.92. The number of rotatable bonds is 0. The van der Waals surface area contributed by atoms with Gasteiger partial charge in [0.15, 0.2) is 5.78 Å². The molecule has 0 bridgehead atoms. The zero-order valence-corrected chi connectivity index (χ0v) is 15.7. The molecule has 2 heteroatoms. The molecule has 4 rings (SSSR count). The molecule has 2 nitrogen and oxygen atoms in total. The number of hydrogen-bond donors (Lipinski definition) is 0. The molecule has 4 aliphatic rings. The third kappa shape index (κ3) is 1.91. The van der Waals surface area contributed by atoms with Crippen LogP contribution in [0.3, 0.4) is 0 Å². The fourth-order valence-corrected chi connectivity index (χ4v) is 7.69. The average Bonchev–Trinajstić information content (AvgIpc) is 2.93. The molecule has 0 heterocycles. The van der Waals surface area contributed by atoms with E-state index in [-0.39, 0.29) is 11.2 Å². The Labute approximate surface area is 146 Å². The Morgan fingerprint density at radius 1 is 1.04 bits per heavy atom. The van der Waals surface area contributed by atoms with Crippen LogP contribution in [0.5, 0.6) is 0 Å². The van der Waals surface area contributed by atoms with Crippen molar-refractivity contribution < 1.29 is 4.79 Å². The van der Waals surface area contributed by atoms with Crippen molar-refractivity contribution in [1.82, 2.24) is 0 Å². The fourth-order valence-electron chi connectivity index (χ4n) is 7.69. The highest BCUT2D eigenvalue weighted by Gasteiger charge is 2.61. The van der Waals surface area contributed by atoms with Gasteiger partial charge in [-0.25, -0.2) is 0 Å². The number of Topliss-reactive ketones (excluding diaryl/α,β-unsaturated/α-hetero) is 1. The monoisotopic (exact) mass is 325 g/mol. The largest absolute Gasteiger partial charge is 0.293 e. The maximum Gasteiger partial charge on any atom is 0.178 e. The van der Waals surface area contributed by atoms with Gasteiger partial charge in [0, 0.05) is 5.41 Å². The molecule has 0 aromatic heterocycles. The van der Waals surface area contributed by atoms with Crippen molar-refractivity contribution in [2.75, 3.05) is 0 Å². The molecule has 0 saturated heterocycles. The van der Waals surface area contributed by atoms with Gasteiger partial charge in [0.1, 0.15) is 6.07 Å². The van der Waals surface area contributed by atoms with Gasteiger partial charge in [0.25, 0.3) is 0 Å². The molecule has 0 aromatic carbocycles. The van der Waals surface area contributed by atoms with Crippen LogP contribution in [-0.2, 0) is 4.79 Å². The van der Waals surface area contributed by atoms with E-state index in [1.165, 1.54) is 38.5 Å². The highest BCUT2D eigenvalue weighted by molar-refractivity contribution is 6.04. The number of fused-ring (bicyclic) bond motifs is 5. The van der Waals surface area contributed by atoms with Crippen molar-refractivity contribution in [3.63, 3.8) is 0 Å². The van der Waals surface area contributed by atoms with Gasteiger partial charge < -0.3 is 0 Å². The molecule has 0 amide bonds. The SMILES string of the molecule is CC1(C)C(=O)C(C#N)=C[C@]2(C)[C@H]3CC[C@]4(C)CCC[C@H]4[C@@H]3CC[C@@H]12. The third-order valence-electron chi connectivity index (χ3n) is 8.83. The number of nitrogens with zero attached hydrogens (tertiary/aromatic N) is 1. The third-order valence-corrected chi connectivity index (χ3v) is 8.83. The maximum atomic E-state index is 12.8. The number of carbonyl (C=O) groups is 1. The topological polar surface area (TPSA) is 40.9 Å². The van der Waals surface area contributed by atoms with E-state index in [4.69, 9.17) is 0 Å². The first-order valence-corrected chi connectivity index (χ1v) is 9.92. The van der Waals surface area contributed by atoms with Crippen LogP contribution in [0.2, 0.25) is 0 Å². The summed E-state index contributed by atoms with van der Waals surface area (Å²) in [7, 11) is 0. The molecule has 3 saturated carbocycles. The fraction of sp³-hybridized carbons (Fsp3) is 0.818. The highest BCUT2D eigenvalue weighted by atomic mass is 16.1. The van der Waals surface area contributed by atoms with E-state index in [9.17, 15) is 10.1 Å². The van der Waals surface area contributed by atoms with Crippen LogP contribution in [0.15, 0.2) is 11.6 Å². The Bertz CT molecular complexity index is 653. The smallest absolute Gasteiger partial charge is 0.178 e. The van der Waals surface area contributed by atoms with Crippen LogP contribution in [-0.4, -0.2) is 5.78 Å². The minimum atomic E-state index is -0.393. The summed E-state index contributed by atoms with van der Waals surface area (Å²) >= 11 is 0. The quantitative estimate of drug-likeness (QED) is 0.607. The molecule has 3 fully saturated rings. The van der Waals surface area contributed by atoms with E-state index in [1.807, 2.05) is 0 Å². The first-order chi connectivity index (χ1) is 11.2. The lowest BCUT2D eigenvalue weighted by molar-refractivity contribution is -0.141. The van der Waals surface area contributed by atoms with E-state index in [1.54, 1.807) is 0 Å². The predicted octanol–water partition coefficient (Wildman–Crippen LogP) is 5.29. The average molecular weight is 325 g/mol. The molecule has 0 spiro atoms. The number of allylic oxidation sites excluding steroid dienone is 2. The lowest BCUT2D eigenvalue weighted by atomic mass is 9.42. The van der Waals surface area contributed by atoms with Crippen molar-refractivity contribution in [2.24, 2.45) is 39.9 Å². The molecule has 0 aliphatic heterocycles. The van der Waals surface area contributed by atoms with Gasteiger partial charge in [-0.05, 0) is 73.0 Å². The number of nitriles is 1. The molecule has 6 atom stereocenters. The Morgan fingerprint density at radius 3 is 2.50 bits per heavy atom. The Morgan fingerprint density at radius 2 is 1.79 bits per heavy atom.